The maximum absolute atomic E-state index is 12.2. The zero-order valence-electron chi connectivity index (χ0n) is 10.2. The van der Waals surface area contributed by atoms with E-state index in [0.29, 0.717) is 6.54 Å². The molecule has 0 aliphatic carbocycles. The van der Waals surface area contributed by atoms with E-state index in [1.54, 1.807) is 0 Å². The summed E-state index contributed by atoms with van der Waals surface area (Å²) in [6.45, 7) is 3.62. The number of benzene rings is 1. The topological polar surface area (TPSA) is 20.3 Å². The molecule has 2 rings (SSSR count). The van der Waals surface area contributed by atoms with E-state index in [1.165, 1.54) is 5.56 Å². The molecule has 1 unspecified atom stereocenters. The van der Waals surface area contributed by atoms with E-state index in [9.17, 15) is 4.79 Å². The SMILES string of the molecule is CCc1ccc(C(=O)N2CCCC(Cl)C2)cc1. The predicted molar refractivity (Wildman–Crippen MR) is 70.6 cm³/mol. The maximum atomic E-state index is 12.2. The summed E-state index contributed by atoms with van der Waals surface area (Å²) in [6.07, 6.45) is 3.02. The van der Waals surface area contributed by atoms with Crippen LogP contribution in [0.5, 0.6) is 0 Å². The quantitative estimate of drug-likeness (QED) is 0.740. The average Bonchev–Trinajstić information content (AvgIpc) is 2.38. The number of hydrogen-bond donors (Lipinski definition) is 0. The lowest BCUT2D eigenvalue weighted by Crippen LogP contribution is -2.40. The minimum Gasteiger partial charge on any atom is -0.337 e. The van der Waals surface area contributed by atoms with E-state index in [2.05, 4.69) is 6.92 Å². The summed E-state index contributed by atoms with van der Waals surface area (Å²) in [4.78, 5) is 14.1. The maximum Gasteiger partial charge on any atom is 0.253 e. The molecule has 1 amide bonds. The van der Waals surface area contributed by atoms with Gasteiger partial charge in [-0.15, -0.1) is 11.6 Å². The highest BCUT2D eigenvalue weighted by molar-refractivity contribution is 6.21. The normalized spacial score (nSPS) is 20.4. The number of alkyl halides is 1. The Labute approximate surface area is 108 Å². The van der Waals surface area contributed by atoms with E-state index in [0.717, 1.165) is 31.4 Å². The lowest BCUT2D eigenvalue weighted by atomic mass is 10.1. The predicted octanol–water partition coefficient (Wildman–Crippen LogP) is 3.09. The van der Waals surface area contributed by atoms with Crippen molar-refractivity contribution in [1.82, 2.24) is 4.90 Å². The van der Waals surface area contributed by atoms with Crippen LogP contribution in [0.1, 0.15) is 35.7 Å². The van der Waals surface area contributed by atoms with Crippen LogP contribution in [0.3, 0.4) is 0 Å². The van der Waals surface area contributed by atoms with Crippen molar-refractivity contribution in [2.75, 3.05) is 13.1 Å². The van der Waals surface area contributed by atoms with Gasteiger partial charge in [-0.3, -0.25) is 4.79 Å². The molecule has 0 spiro atoms. The Morgan fingerprint density at radius 2 is 2.12 bits per heavy atom. The number of carbonyl (C=O) groups excluding carboxylic acids is 1. The Hall–Kier alpha value is -1.02. The molecule has 1 aliphatic rings. The second-order valence-corrected chi connectivity index (χ2v) is 5.16. The first-order valence-electron chi connectivity index (χ1n) is 6.23. The Balaban J connectivity index is 2.07. The number of carbonyl (C=O) groups is 1. The van der Waals surface area contributed by atoms with Gasteiger partial charge in [0.05, 0.1) is 5.38 Å². The minimum atomic E-state index is 0.109. The van der Waals surface area contributed by atoms with Gasteiger partial charge in [0.25, 0.3) is 5.91 Å². The van der Waals surface area contributed by atoms with E-state index in [-0.39, 0.29) is 11.3 Å². The summed E-state index contributed by atoms with van der Waals surface area (Å²) in [5.74, 6) is 0.109. The number of rotatable bonds is 2. The van der Waals surface area contributed by atoms with Crippen LogP contribution < -0.4 is 0 Å². The van der Waals surface area contributed by atoms with E-state index >= 15 is 0 Å². The van der Waals surface area contributed by atoms with E-state index in [1.807, 2.05) is 29.2 Å². The molecule has 1 aliphatic heterocycles. The van der Waals surface area contributed by atoms with Gasteiger partial charge in [-0.25, -0.2) is 0 Å². The number of nitrogens with zero attached hydrogens (tertiary/aromatic N) is 1. The fourth-order valence-corrected chi connectivity index (χ4v) is 2.50. The van der Waals surface area contributed by atoms with Crippen molar-refractivity contribution in [1.29, 1.82) is 0 Å². The molecule has 1 atom stereocenters. The van der Waals surface area contributed by atoms with Crippen LogP contribution in [0.25, 0.3) is 0 Å². The zero-order chi connectivity index (χ0) is 12.3. The lowest BCUT2D eigenvalue weighted by Gasteiger charge is -2.29. The number of halogens is 1. The standard InChI is InChI=1S/C14H18ClNO/c1-2-11-5-7-12(8-6-11)14(17)16-9-3-4-13(15)10-16/h5-8,13H,2-4,9-10H2,1H3. The van der Waals surface area contributed by atoms with Crippen molar-refractivity contribution in [2.45, 2.75) is 31.6 Å². The van der Waals surface area contributed by atoms with Gasteiger partial charge >= 0.3 is 0 Å². The molecular formula is C14H18ClNO. The number of piperidine rings is 1. The second-order valence-electron chi connectivity index (χ2n) is 4.54. The van der Waals surface area contributed by atoms with Gasteiger partial charge in [0.1, 0.15) is 0 Å². The van der Waals surface area contributed by atoms with Crippen molar-refractivity contribution in [3.8, 4) is 0 Å². The van der Waals surface area contributed by atoms with Gasteiger partial charge in [-0.05, 0) is 37.0 Å². The molecule has 1 aromatic carbocycles. The van der Waals surface area contributed by atoms with Gasteiger partial charge in [0.15, 0.2) is 0 Å². The van der Waals surface area contributed by atoms with Crippen LogP contribution in [0.4, 0.5) is 0 Å². The van der Waals surface area contributed by atoms with Crippen LogP contribution in [-0.4, -0.2) is 29.3 Å². The van der Waals surface area contributed by atoms with Crippen molar-refractivity contribution < 1.29 is 4.79 Å². The molecule has 1 aromatic rings. The summed E-state index contributed by atoms with van der Waals surface area (Å²) in [7, 11) is 0. The molecule has 1 saturated heterocycles. The van der Waals surface area contributed by atoms with Gasteiger partial charge in [0, 0.05) is 18.7 Å². The van der Waals surface area contributed by atoms with Crippen molar-refractivity contribution >= 4 is 17.5 Å². The molecule has 0 radical (unpaired) electrons. The summed E-state index contributed by atoms with van der Waals surface area (Å²) in [5.41, 5.74) is 2.03. The fraction of sp³-hybridized carbons (Fsp3) is 0.500. The molecule has 0 N–H and O–H groups in total. The molecular weight excluding hydrogens is 234 g/mol. The Kier molecular flexibility index (Phi) is 4.06. The largest absolute Gasteiger partial charge is 0.337 e. The first kappa shape index (κ1) is 12.4. The Morgan fingerprint density at radius 3 is 2.71 bits per heavy atom. The molecule has 0 aromatic heterocycles. The van der Waals surface area contributed by atoms with Crippen LogP contribution in [0, 0.1) is 0 Å². The first-order valence-corrected chi connectivity index (χ1v) is 6.66. The van der Waals surface area contributed by atoms with Gasteiger partial charge in [-0.2, -0.15) is 0 Å². The first-order chi connectivity index (χ1) is 8.20. The highest BCUT2D eigenvalue weighted by atomic mass is 35.5. The summed E-state index contributed by atoms with van der Waals surface area (Å²) in [5, 5.41) is 0.114. The summed E-state index contributed by atoms with van der Waals surface area (Å²) in [6, 6.07) is 7.88. The van der Waals surface area contributed by atoms with Crippen molar-refractivity contribution in [3.63, 3.8) is 0 Å². The number of aryl methyl sites for hydroxylation is 1. The molecule has 92 valence electrons. The summed E-state index contributed by atoms with van der Waals surface area (Å²) < 4.78 is 0. The van der Waals surface area contributed by atoms with Crippen molar-refractivity contribution in [2.24, 2.45) is 0 Å². The fourth-order valence-electron chi connectivity index (χ4n) is 2.18. The van der Waals surface area contributed by atoms with Gasteiger partial charge in [-0.1, -0.05) is 19.1 Å². The number of hydrogen-bond acceptors (Lipinski definition) is 1. The van der Waals surface area contributed by atoms with E-state index < -0.39 is 0 Å². The van der Waals surface area contributed by atoms with Gasteiger partial charge in [0.2, 0.25) is 0 Å². The summed E-state index contributed by atoms with van der Waals surface area (Å²) >= 11 is 6.10. The van der Waals surface area contributed by atoms with Crippen LogP contribution in [-0.2, 0) is 6.42 Å². The highest BCUT2D eigenvalue weighted by Gasteiger charge is 2.22. The van der Waals surface area contributed by atoms with E-state index in [4.69, 9.17) is 11.6 Å². The molecule has 2 nitrogen and oxygen atoms in total. The van der Waals surface area contributed by atoms with Crippen molar-refractivity contribution in [3.05, 3.63) is 35.4 Å². The molecule has 1 heterocycles. The monoisotopic (exact) mass is 251 g/mol. The highest BCUT2D eigenvalue weighted by Crippen LogP contribution is 2.17. The molecule has 3 heteroatoms. The number of amides is 1. The Bertz CT molecular complexity index is 388. The smallest absolute Gasteiger partial charge is 0.253 e. The lowest BCUT2D eigenvalue weighted by molar-refractivity contribution is 0.0727. The molecule has 0 saturated carbocycles. The third-order valence-corrected chi connectivity index (χ3v) is 3.62. The third kappa shape index (κ3) is 3.01. The Morgan fingerprint density at radius 1 is 1.41 bits per heavy atom. The molecule has 17 heavy (non-hydrogen) atoms. The third-order valence-electron chi connectivity index (χ3n) is 3.26. The minimum absolute atomic E-state index is 0.109. The average molecular weight is 252 g/mol. The van der Waals surface area contributed by atoms with Gasteiger partial charge < -0.3 is 4.90 Å². The molecule has 1 fully saturated rings. The molecule has 0 bridgehead atoms. The zero-order valence-corrected chi connectivity index (χ0v) is 10.9. The van der Waals surface area contributed by atoms with Crippen LogP contribution >= 0.6 is 11.6 Å². The number of likely N-dealkylation sites (tertiary alicyclic amines) is 1. The second kappa shape index (κ2) is 5.54. The van der Waals surface area contributed by atoms with Crippen LogP contribution in [0.2, 0.25) is 0 Å². The van der Waals surface area contributed by atoms with Crippen LogP contribution in [0.15, 0.2) is 24.3 Å².